The van der Waals surface area contributed by atoms with Gasteiger partial charge in [0.15, 0.2) is 0 Å². The first kappa shape index (κ1) is 18.4. The summed E-state index contributed by atoms with van der Waals surface area (Å²) in [6.45, 7) is 0.242. The zero-order valence-corrected chi connectivity index (χ0v) is 13.7. The second kappa shape index (κ2) is 9.39. The maximum absolute atomic E-state index is 12.1. The third-order valence-electron chi connectivity index (χ3n) is 3.72. The standard InChI is InChI=1S/C18H21N3O4/c22-13-11-15(14-6-2-1-3-7-14)20-18(23)10-12-19-16-8-4-5-9-17(16)21(24)25/h1-9,15,19,22H,10-13H2,(H,20,23). The number of nitro groups is 1. The number of benzene rings is 2. The van der Waals surface area contributed by atoms with Gasteiger partial charge in [-0.05, 0) is 18.1 Å². The molecule has 132 valence electrons. The highest BCUT2D eigenvalue weighted by atomic mass is 16.6. The molecule has 25 heavy (non-hydrogen) atoms. The number of hydrogen-bond donors (Lipinski definition) is 3. The van der Waals surface area contributed by atoms with Crippen molar-refractivity contribution in [1.29, 1.82) is 0 Å². The summed E-state index contributed by atoms with van der Waals surface area (Å²) in [5.41, 5.74) is 1.29. The lowest BCUT2D eigenvalue weighted by Crippen LogP contribution is -2.30. The summed E-state index contributed by atoms with van der Waals surface area (Å²) < 4.78 is 0. The minimum Gasteiger partial charge on any atom is -0.396 e. The number of para-hydroxylation sites is 2. The zero-order valence-electron chi connectivity index (χ0n) is 13.7. The van der Waals surface area contributed by atoms with Crippen molar-refractivity contribution >= 4 is 17.3 Å². The van der Waals surface area contributed by atoms with Crippen LogP contribution < -0.4 is 10.6 Å². The molecule has 2 aromatic rings. The minimum atomic E-state index is -0.463. The number of aliphatic hydroxyl groups excluding tert-OH is 1. The highest BCUT2D eigenvalue weighted by Gasteiger charge is 2.15. The molecule has 3 N–H and O–H groups in total. The van der Waals surface area contributed by atoms with E-state index in [2.05, 4.69) is 10.6 Å². The van der Waals surface area contributed by atoms with Crippen molar-refractivity contribution < 1.29 is 14.8 Å². The van der Waals surface area contributed by atoms with Gasteiger partial charge in [-0.2, -0.15) is 0 Å². The zero-order chi connectivity index (χ0) is 18.1. The summed E-state index contributed by atoms with van der Waals surface area (Å²) >= 11 is 0. The average Bonchev–Trinajstić information content (AvgIpc) is 2.62. The van der Waals surface area contributed by atoms with Gasteiger partial charge in [-0.25, -0.2) is 0 Å². The first-order chi connectivity index (χ1) is 12.1. The van der Waals surface area contributed by atoms with Crippen LogP contribution in [0.2, 0.25) is 0 Å². The fraction of sp³-hybridized carbons (Fsp3) is 0.278. The van der Waals surface area contributed by atoms with Gasteiger partial charge in [0.1, 0.15) is 5.69 Å². The number of hydrogen-bond acceptors (Lipinski definition) is 5. The molecular formula is C18H21N3O4. The highest BCUT2D eigenvalue weighted by molar-refractivity contribution is 5.77. The molecule has 2 aromatic carbocycles. The first-order valence-corrected chi connectivity index (χ1v) is 8.04. The Morgan fingerprint density at radius 3 is 2.48 bits per heavy atom. The average molecular weight is 343 g/mol. The number of rotatable bonds is 9. The van der Waals surface area contributed by atoms with Crippen molar-refractivity contribution in [2.24, 2.45) is 0 Å². The molecule has 1 atom stereocenters. The first-order valence-electron chi connectivity index (χ1n) is 8.04. The van der Waals surface area contributed by atoms with Gasteiger partial charge in [0.2, 0.25) is 5.91 Å². The van der Waals surface area contributed by atoms with E-state index in [9.17, 15) is 20.0 Å². The van der Waals surface area contributed by atoms with Crippen LogP contribution in [0.1, 0.15) is 24.4 Å². The molecule has 7 heteroatoms. The van der Waals surface area contributed by atoms with E-state index in [1.165, 1.54) is 6.07 Å². The van der Waals surface area contributed by atoms with Crippen LogP contribution in [0.3, 0.4) is 0 Å². The molecule has 0 saturated carbocycles. The molecule has 0 aliphatic carbocycles. The number of carbonyl (C=O) groups is 1. The Hall–Kier alpha value is -2.93. The second-order valence-corrected chi connectivity index (χ2v) is 5.49. The van der Waals surface area contributed by atoms with Gasteiger partial charge in [-0.15, -0.1) is 0 Å². The lowest BCUT2D eigenvalue weighted by Gasteiger charge is -2.18. The van der Waals surface area contributed by atoms with Gasteiger partial charge in [-0.3, -0.25) is 14.9 Å². The van der Waals surface area contributed by atoms with Crippen molar-refractivity contribution in [3.05, 3.63) is 70.3 Å². The molecule has 1 amide bonds. The van der Waals surface area contributed by atoms with Gasteiger partial charge in [0.25, 0.3) is 5.69 Å². The smallest absolute Gasteiger partial charge is 0.292 e. The summed E-state index contributed by atoms with van der Waals surface area (Å²) in [6.07, 6.45) is 0.591. The van der Waals surface area contributed by atoms with Gasteiger partial charge in [-0.1, -0.05) is 42.5 Å². The summed E-state index contributed by atoms with van der Waals surface area (Å²) in [5, 5.41) is 26.0. The van der Waals surface area contributed by atoms with Crippen LogP contribution >= 0.6 is 0 Å². The highest BCUT2D eigenvalue weighted by Crippen LogP contribution is 2.23. The Morgan fingerprint density at radius 2 is 1.80 bits per heavy atom. The monoisotopic (exact) mass is 343 g/mol. The van der Waals surface area contributed by atoms with Crippen LogP contribution in [0.5, 0.6) is 0 Å². The maximum atomic E-state index is 12.1. The molecule has 0 radical (unpaired) electrons. The number of aliphatic hydroxyl groups is 1. The third kappa shape index (κ3) is 5.58. The van der Waals surface area contributed by atoms with Crippen LogP contribution in [-0.2, 0) is 4.79 Å². The number of nitro benzene ring substituents is 1. The van der Waals surface area contributed by atoms with Crippen molar-refractivity contribution in [2.75, 3.05) is 18.5 Å². The predicted octanol–water partition coefficient (Wildman–Crippen LogP) is 2.64. The molecule has 7 nitrogen and oxygen atoms in total. The van der Waals surface area contributed by atoms with Crippen molar-refractivity contribution in [1.82, 2.24) is 5.32 Å². The largest absolute Gasteiger partial charge is 0.396 e. The van der Waals surface area contributed by atoms with Crippen LogP contribution in [0.15, 0.2) is 54.6 Å². The van der Waals surface area contributed by atoms with Gasteiger partial charge < -0.3 is 15.7 Å². The lowest BCUT2D eigenvalue weighted by molar-refractivity contribution is -0.384. The summed E-state index contributed by atoms with van der Waals surface area (Å²) in [6, 6.07) is 15.5. The summed E-state index contributed by atoms with van der Waals surface area (Å²) in [7, 11) is 0. The van der Waals surface area contributed by atoms with E-state index in [4.69, 9.17) is 0 Å². The van der Waals surface area contributed by atoms with Crippen LogP contribution in [0, 0.1) is 10.1 Å². The maximum Gasteiger partial charge on any atom is 0.292 e. The molecule has 0 bridgehead atoms. The predicted molar refractivity (Wildman–Crippen MR) is 95.2 cm³/mol. The Morgan fingerprint density at radius 1 is 1.12 bits per heavy atom. The van der Waals surface area contributed by atoms with Crippen LogP contribution in [0.25, 0.3) is 0 Å². The number of amides is 1. The molecular weight excluding hydrogens is 322 g/mol. The van der Waals surface area contributed by atoms with Gasteiger partial charge in [0.05, 0.1) is 11.0 Å². The Bertz CT molecular complexity index is 706. The van der Waals surface area contributed by atoms with Crippen LogP contribution in [-0.4, -0.2) is 29.1 Å². The third-order valence-corrected chi connectivity index (χ3v) is 3.72. The summed E-state index contributed by atoms with van der Waals surface area (Å²) in [4.78, 5) is 22.6. The van der Waals surface area contributed by atoms with Crippen molar-refractivity contribution in [3.8, 4) is 0 Å². The SMILES string of the molecule is O=C(CCNc1ccccc1[N+](=O)[O-])NC(CCO)c1ccccc1. The molecule has 0 aliphatic rings. The fourth-order valence-electron chi connectivity index (χ4n) is 2.50. The molecule has 0 aromatic heterocycles. The van der Waals surface area contributed by atoms with Gasteiger partial charge >= 0.3 is 0 Å². The summed E-state index contributed by atoms with van der Waals surface area (Å²) in [5.74, 6) is -0.187. The van der Waals surface area contributed by atoms with Crippen molar-refractivity contribution in [2.45, 2.75) is 18.9 Å². The molecule has 0 aliphatic heterocycles. The minimum absolute atomic E-state index is 0.0228. The van der Waals surface area contributed by atoms with E-state index in [1.54, 1.807) is 18.2 Å². The lowest BCUT2D eigenvalue weighted by atomic mass is 10.0. The Kier molecular flexibility index (Phi) is 6.91. The fourth-order valence-corrected chi connectivity index (χ4v) is 2.50. The van der Waals surface area contributed by atoms with E-state index in [1.807, 2.05) is 30.3 Å². The molecule has 0 heterocycles. The molecule has 2 rings (SSSR count). The van der Waals surface area contributed by atoms with E-state index >= 15 is 0 Å². The molecule has 1 unspecified atom stereocenters. The quantitative estimate of drug-likeness (QED) is 0.479. The van der Waals surface area contributed by atoms with Crippen LogP contribution in [0.4, 0.5) is 11.4 Å². The van der Waals surface area contributed by atoms with E-state index in [0.717, 1.165) is 5.56 Å². The van der Waals surface area contributed by atoms with E-state index in [-0.39, 0.29) is 37.2 Å². The number of carbonyl (C=O) groups excluding carboxylic acids is 1. The van der Waals surface area contributed by atoms with Gasteiger partial charge in [0, 0.05) is 25.6 Å². The topological polar surface area (TPSA) is 104 Å². The Labute approximate surface area is 145 Å². The molecule has 0 fully saturated rings. The molecule has 0 saturated heterocycles. The van der Waals surface area contributed by atoms with Crippen molar-refractivity contribution in [3.63, 3.8) is 0 Å². The molecule has 0 spiro atoms. The number of nitrogens with zero attached hydrogens (tertiary/aromatic N) is 1. The second-order valence-electron chi connectivity index (χ2n) is 5.49. The number of anilines is 1. The Balaban J connectivity index is 1.88. The number of nitrogens with one attached hydrogen (secondary N) is 2. The van der Waals surface area contributed by atoms with E-state index < -0.39 is 4.92 Å². The normalized spacial score (nSPS) is 11.6. The van der Waals surface area contributed by atoms with E-state index in [0.29, 0.717) is 12.1 Å².